The van der Waals surface area contributed by atoms with Gasteiger partial charge in [-0.1, -0.05) is 26.7 Å². The predicted octanol–water partition coefficient (Wildman–Crippen LogP) is 3.07. The molecule has 1 aliphatic heterocycles. The Bertz CT molecular complexity index is 132. The van der Waals surface area contributed by atoms with Crippen LogP contribution >= 0.6 is 11.8 Å². The number of hydrogen-bond acceptors (Lipinski definition) is 2. The van der Waals surface area contributed by atoms with E-state index in [0.29, 0.717) is 11.2 Å². The normalized spacial score (nSPS) is 28.4. The number of rotatable bonds is 4. The lowest BCUT2D eigenvalue weighted by Gasteiger charge is -2.29. The molecule has 0 radical (unpaired) electrons. The second kappa shape index (κ2) is 5.92. The molecule has 1 aliphatic rings. The molecule has 13 heavy (non-hydrogen) atoms. The number of hydrogen-bond donors (Lipinski definition) is 1. The molecule has 1 nitrogen and oxygen atoms in total. The smallest absolute Gasteiger partial charge is 0.0684 e. The first kappa shape index (κ1) is 11.4. The van der Waals surface area contributed by atoms with E-state index in [1.165, 1.54) is 31.4 Å². The molecule has 0 aromatic carbocycles. The van der Waals surface area contributed by atoms with Crippen molar-refractivity contribution in [3.63, 3.8) is 0 Å². The molecule has 1 N–H and O–H groups in total. The van der Waals surface area contributed by atoms with Crippen molar-refractivity contribution in [3.8, 4) is 0 Å². The van der Waals surface area contributed by atoms with Crippen LogP contribution in [0.2, 0.25) is 0 Å². The minimum absolute atomic E-state index is 0.0646. The Hall–Kier alpha value is 0.310. The fourth-order valence-corrected chi connectivity index (χ4v) is 3.50. The van der Waals surface area contributed by atoms with Crippen molar-refractivity contribution in [2.24, 2.45) is 5.92 Å². The van der Waals surface area contributed by atoms with Gasteiger partial charge in [0.2, 0.25) is 0 Å². The van der Waals surface area contributed by atoms with Gasteiger partial charge in [0, 0.05) is 5.25 Å². The van der Waals surface area contributed by atoms with Crippen LogP contribution in [0.15, 0.2) is 0 Å². The quantitative estimate of drug-likeness (QED) is 0.756. The van der Waals surface area contributed by atoms with Gasteiger partial charge in [-0.3, -0.25) is 0 Å². The monoisotopic (exact) mass is 202 g/mol. The number of aliphatic hydroxyl groups is 1. The summed E-state index contributed by atoms with van der Waals surface area (Å²) >= 11 is 1.98. The van der Waals surface area contributed by atoms with Gasteiger partial charge in [-0.15, -0.1) is 0 Å². The summed E-state index contributed by atoms with van der Waals surface area (Å²) in [7, 11) is 0. The summed E-state index contributed by atoms with van der Waals surface area (Å²) in [6.07, 6.45) is 6.17. The molecule has 0 bridgehead atoms. The molecule has 1 fully saturated rings. The van der Waals surface area contributed by atoms with Gasteiger partial charge in [0.25, 0.3) is 0 Å². The van der Waals surface area contributed by atoms with Crippen LogP contribution in [-0.4, -0.2) is 22.2 Å². The van der Waals surface area contributed by atoms with Crippen LogP contribution in [0.5, 0.6) is 0 Å². The molecule has 3 unspecified atom stereocenters. The Kier molecular flexibility index (Phi) is 5.18. The van der Waals surface area contributed by atoms with E-state index in [1.54, 1.807) is 0 Å². The summed E-state index contributed by atoms with van der Waals surface area (Å²) in [5.41, 5.74) is 0. The van der Waals surface area contributed by atoms with Crippen molar-refractivity contribution < 1.29 is 5.11 Å². The lowest BCUT2D eigenvalue weighted by molar-refractivity contribution is 0.105. The summed E-state index contributed by atoms with van der Waals surface area (Å²) < 4.78 is 0. The Morgan fingerprint density at radius 2 is 2.23 bits per heavy atom. The van der Waals surface area contributed by atoms with E-state index in [9.17, 15) is 5.11 Å². The highest BCUT2D eigenvalue weighted by Crippen LogP contribution is 2.31. The van der Waals surface area contributed by atoms with Gasteiger partial charge >= 0.3 is 0 Å². The van der Waals surface area contributed by atoms with E-state index >= 15 is 0 Å². The highest BCUT2D eigenvalue weighted by Gasteiger charge is 2.25. The summed E-state index contributed by atoms with van der Waals surface area (Å²) in [5, 5.41) is 10.6. The lowest BCUT2D eigenvalue weighted by atomic mass is 9.94. The third kappa shape index (κ3) is 3.51. The fraction of sp³-hybridized carbons (Fsp3) is 1.00. The van der Waals surface area contributed by atoms with Crippen molar-refractivity contribution in [2.75, 3.05) is 5.75 Å². The zero-order valence-electron chi connectivity index (χ0n) is 8.83. The third-order valence-electron chi connectivity index (χ3n) is 2.92. The highest BCUT2D eigenvalue weighted by atomic mass is 32.2. The van der Waals surface area contributed by atoms with Gasteiger partial charge < -0.3 is 5.11 Å². The summed E-state index contributed by atoms with van der Waals surface area (Å²) in [4.78, 5) is 0. The van der Waals surface area contributed by atoms with Crippen LogP contribution in [0.3, 0.4) is 0 Å². The average Bonchev–Trinajstić information content (AvgIpc) is 2.18. The van der Waals surface area contributed by atoms with Crippen LogP contribution in [0.25, 0.3) is 0 Å². The van der Waals surface area contributed by atoms with Crippen molar-refractivity contribution in [2.45, 2.75) is 57.3 Å². The summed E-state index contributed by atoms with van der Waals surface area (Å²) in [5.74, 6) is 1.74. The molecule has 1 saturated heterocycles. The molecule has 1 heterocycles. The summed E-state index contributed by atoms with van der Waals surface area (Å²) in [6, 6.07) is 0. The Morgan fingerprint density at radius 1 is 1.46 bits per heavy atom. The zero-order chi connectivity index (χ0) is 9.68. The molecule has 2 heteroatoms. The van der Waals surface area contributed by atoms with Crippen molar-refractivity contribution in [1.82, 2.24) is 0 Å². The maximum atomic E-state index is 10.1. The van der Waals surface area contributed by atoms with Crippen molar-refractivity contribution >= 4 is 11.8 Å². The van der Waals surface area contributed by atoms with Gasteiger partial charge in [-0.2, -0.15) is 11.8 Å². The fourth-order valence-electron chi connectivity index (χ4n) is 2.03. The molecule has 3 atom stereocenters. The molecular formula is C11H22OS. The minimum atomic E-state index is -0.0646. The second-order valence-electron chi connectivity index (χ2n) is 4.16. The van der Waals surface area contributed by atoms with E-state index in [4.69, 9.17) is 0 Å². The first-order valence-corrected chi connectivity index (χ1v) is 6.60. The van der Waals surface area contributed by atoms with Gasteiger partial charge in [0.1, 0.15) is 0 Å². The molecule has 78 valence electrons. The molecule has 0 aromatic rings. The van der Waals surface area contributed by atoms with Crippen LogP contribution in [0.1, 0.15) is 46.0 Å². The van der Waals surface area contributed by atoms with Crippen LogP contribution in [-0.2, 0) is 0 Å². The minimum Gasteiger partial charge on any atom is -0.392 e. The van der Waals surface area contributed by atoms with Gasteiger partial charge in [-0.05, 0) is 30.9 Å². The van der Waals surface area contributed by atoms with Gasteiger partial charge in [0.15, 0.2) is 0 Å². The first-order valence-electron chi connectivity index (χ1n) is 5.55. The molecule has 0 saturated carbocycles. The predicted molar refractivity (Wildman–Crippen MR) is 60.2 cm³/mol. The molecule has 0 amide bonds. The van der Waals surface area contributed by atoms with Crippen LogP contribution < -0.4 is 0 Å². The largest absolute Gasteiger partial charge is 0.392 e. The summed E-state index contributed by atoms with van der Waals surface area (Å²) in [6.45, 7) is 4.38. The highest BCUT2D eigenvalue weighted by molar-refractivity contribution is 8.00. The molecule has 0 aliphatic carbocycles. The van der Waals surface area contributed by atoms with E-state index in [-0.39, 0.29) is 6.10 Å². The van der Waals surface area contributed by atoms with Gasteiger partial charge in [0.05, 0.1) is 6.10 Å². The topological polar surface area (TPSA) is 20.2 Å². The second-order valence-corrected chi connectivity index (χ2v) is 5.51. The van der Waals surface area contributed by atoms with Gasteiger partial charge in [-0.25, -0.2) is 0 Å². The van der Waals surface area contributed by atoms with E-state index in [1.807, 2.05) is 11.8 Å². The molecular weight excluding hydrogens is 180 g/mol. The maximum absolute atomic E-state index is 10.1. The van der Waals surface area contributed by atoms with Crippen molar-refractivity contribution in [1.29, 1.82) is 0 Å². The first-order chi connectivity index (χ1) is 6.25. The lowest BCUT2D eigenvalue weighted by Crippen LogP contribution is -2.31. The van der Waals surface area contributed by atoms with Crippen LogP contribution in [0, 0.1) is 5.92 Å². The van der Waals surface area contributed by atoms with Crippen LogP contribution in [0.4, 0.5) is 0 Å². The van der Waals surface area contributed by atoms with E-state index in [0.717, 1.165) is 6.42 Å². The molecule has 0 spiro atoms. The van der Waals surface area contributed by atoms with Crippen molar-refractivity contribution in [3.05, 3.63) is 0 Å². The molecule has 0 aromatic heterocycles. The average molecular weight is 202 g/mol. The number of thioether (sulfide) groups is 1. The van der Waals surface area contributed by atoms with E-state index < -0.39 is 0 Å². The maximum Gasteiger partial charge on any atom is 0.0684 e. The third-order valence-corrected chi connectivity index (χ3v) is 4.39. The Balaban J connectivity index is 2.31. The Labute approximate surface area is 86.3 Å². The SMILES string of the molecule is CCCC(C)C(O)C1CCCCS1. The Morgan fingerprint density at radius 3 is 2.77 bits per heavy atom. The zero-order valence-corrected chi connectivity index (χ0v) is 9.65. The standard InChI is InChI=1S/C11H22OS/c1-3-6-9(2)11(12)10-7-4-5-8-13-10/h9-12H,3-8H2,1-2H3. The molecule has 1 rings (SSSR count). The number of aliphatic hydroxyl groups excluding tert-OH is 1. The van der Waals surface area contributed by atoms with E-state index in [2.05, 4.69) is 13.8 Å².